The van der Waals surface area contributed by atoms with Crippen LogP contribution in [0.15, 0.2) is 72.8 Å². The zero-order valence-corrected chi connectivity index (χ0v) is 18.2. The number of hydrogen-bond donors (Lipinski definition) is 0. The van der Waals surface area contributed by atoms with Gasteiger partial charge >= 0.3 is 0 Å². The summed E-state index contributed by atoms with van der Waals surface area (Å²) in [5, 5.41) is 0. The summed E-state index contributed by atoms with van der Waals surface area (Å²) in [6.45, 7) is 4.45. The van der Waals surface area contributed by atoms with Crippen LogP contribution in [0.1, 0.15) is 72.9 Å². The summed E-state index contributed by atoms with van der Waals surface area (Å²) < 4.78 is 0. The normalized spacial score (nSPS) is 9.93. The zero-order chi connectivity index (χ0) is 21.0. The molecule has 0 saturated heterocycles. The molecule has 0 aliphatic carbocycles. The molecule has 30 heavy (non-hydrogen) atoms. The van der Waals surface area contributed by atoms with E-state index < -0.39 is 0 Å². The SMILES string of the molecule is CCCCc1ccc(C#Cc2ccc(C#Cc3ccc(CCCC)cc3)cc2)cc1. The number of unbranched alkanes of at least 4 members (excludes halogenated alkanes) is 2. The van der Waals surface area contributed by atoms with Gasteiger partial charge in [0, 0.05) is 22.3 Å². The van der Waals surface area contributed by atoms with Crippen LogP contribution < -0.4 is 0 Å². The molecule has 0 atom stereocenters. The lowest BCUT2D eigenvalue weighted by molar-refractivity contribution is 0.795. The summed E-state index contributed by atoms with van der Waals surface area (Å²) in [6.07, 6.45) is 7.24. The quantitative estimate of drug-likeness (QED) is 0.391. The van der Waals surface area contributed by atoms with E-state index >= 15 is 0 Å². The molecule has 0 N–H and O–H groups in total. The lowest BCUT2D eigenvalue weighted by Gasteiger charge is -1.99. The molecule has 0 unspecified atom stereocenters. The summed E-state index contributed by atoms with van der Waals surface area (Å²) in [7, 11) is 0. The van der Waals surface area contributed by atoms with Gasteiger partial charge in [-0.1, -0.05) is 74.6 Å². The van der Waals surface area contributed by atoms with Crippen molar-refractivity contribution >= 4 is 0 Å². The molecule has 0 radical (unpaired) electrons. The van der Waals surface area contributed by atoms with Crippen molar-refractivity contribution in [1.29, 1.82) is 0 Å². The zero-order valence-electron chi connectivity index (χ0n) is 18.2. The van der Waals surface area contributed by atoms with Gasteiger partial charge in [0.1, 0.15) is 0 Å². The van der Waals surface area contributed by atoms with Crippen LogP contribution in [0.3, 0.4) is 0 Å². The second-order valence-corrected chi connectivity index (χ2v) is 7.68. The lowest BCUT2D eigenvalue weighted by atomic mass is 10.1. The predicted octanol–water partition coefficient (Wildman–Crippen LogP) is 7.17. The second-order valence-electron chi connectivity index (χ2n) is 7.68. The van der Waals surface area contributed by atoms with Crippen molar-refractivity contribution in [3.63, 3.8) is 0 Å². The Bertz CT molecular complexity index is 940. The molecule has 0 aromatic heterocycles. The van der Waals surface area contributed by atoms with Gasteiger partial charge in [0.05, 0.1) is 0 Å². The first-order chi connectivity index (χ1) is 14.8. The van der Waals surface area contributed by atoms with Crippen molar-refractivity contribution in [3.05, 3.63) is 106 Å². The van der Waals surface area contributed by atoms with E-state index in [4.69, 9.17) is 0 Å². The van der Waals surface area contributed by atoms with E-state index in [0.717, 1.165) is 35.1 Å². The Morgan fingerprint density at radius 3 is 0.967 bits per heavy atom. The summed E-state index contributed by atoms with van der Waals surface area (Å²) in [5.41, 5.74) is 6.91. The molecule has 0 heteroatoms. The van der Waals surface area contributed by atoms with Gasteiger partial charge in [-0.25, -0.2) is 0 Å². The molecule has 0 saturated carbocycles. The van der Waals surface area contributed by atoms with Crippen LogP contribution in [0.2, 0.25) is 0 Å². The van der Waals surface area contributed by atoms with Crippen LogP contribution in [0.5, 0.6) is 0 Å². The van der Waals surface area contributed by atoms with Crippen molar-refractivity contribution < 1.29 is 0 Å². The summed E-state index contributed by atoms with van der Waals surface area (Å²) in [4.78, 5) is 0. The average molecular weight is 391 g/mol. The Morgan fingerprint density at radius 2 is 0.700 bits per heavy atom. The first-order valence-corrected chi connectivity index (χ1v) is 11.1. The monoisotopic (exact) mass is 390 g/mol. The van der Waals surface area contributed by atoms with Gasteiger partial charge in [-0.15, -0.1) is 0 Å². The standard InChI is InChI=1S/C30H30/c1-3-5-7-25-9-13-27(14-10-25)17-19-29-21-23-30(24-22-29)20-18-28-15-11-26(12-16-28)8-6-4-2/h9-16,21-24H,3-8H2,1-2H3. The van der Waals surface area contributed by atoms with Crippen LogP contribution in [-0.4, -0.2) is 0 Å². The third-order valence-corrected chi connectivity index (χ3v) is 5.13. The molecule has 3 aromatic carbocycles. The molecule has 150 valence electrons. The van der Waals surface area contributed by atoms with E-state index in [9.17, 15) is 0 Å². The first-order valence-electron chi connectivity index (χ1n) is 11.1. The van der Waals surface area contributed by atoms with Crippen molar-refractivity contribution in [2.75, 3.05) is 0 Å². The summed E-state index contributed by atoms with van der Waals surface area (Å²) in [5.74, 6) is 13.0. The van der Waals surface area contributed by atoms with Gasteiger partial charge < -0.3 is 0 Å². The minimum Gasteiger partial charge on any atom is -0.0654 e. The summed E-state index contributed by atoms with van der Waals surface area (Å²) >= 11 is 0. The third kappa shape index (κ3) is 6.99. The highest BCUT2D eigenvalue weighted by atomic mass is 14.0. The van der Waals surface area contributed by atoms with E-state index in [2.05, 4.69) is 86.1 Å². The third-order valence-electron chi connectivity index (χ3n) is 5.13. The van der Waals surface area contributed by atoms with Crippen LogP contribution in [0, 0.1) is 23.7 Å². The Balaban J connectivity index is 1.59. The molecule has 0 spiro atoms. The van der Waals surface area contributed by atoms with E-state index in [0.29, 0.717) is 0 Å². The van der Waals surface area contributed by atoms with Gasteiger partial charge in [0.2, 0.25) is 0 Å². The van der Waals surface area contributed by atoms with Crippen molar-refractivity contribution in [2.24, 2.45) is 0 Å². The van der Waals surface area contributed by atoms with Gasteiger partial charge in [-0.3, -0.25) is 0 Å². The molecule has 0 fully saturated rings. The topological polar surface area (TPSA) is 0 Å². The van der Waals surface area contributed by atoms with Crippen molar-refractivity contribution in [2.45, 2.75) is 52.4 Å². The largest absolute Gasteiger partial charge is 0.0654 e. The highest BCUT2D eigenvalue weighted by Crippen LogP contribution is 2.09. The molecule has 3 aromatic rings. The molecular formula is C30H30. The molecule has 0 aliphatic rings. The van der Waals surface area contributed by atoms with E-state index in [-0.39, 0.29) is 0 Å². The Kier molecular flexibility index (Phi) is 8.38. The average Bonchev–Trinajstić information content (AvgIpc) is 2.80. The van der Waals surface area contributed by atoms with Gasteiger partial charge in [-0.2, -0.15) is 0 Å². The molecule has 0 nitrogen and oxygen atoms in total. The molecule has 0 aliphatic heterocycles. The maximum absolute atomic E-state index is 3.26. The molecule has 0 amide bonds. The molecule has 3 rings (SSSR count). The minimum absolute atomic E-state index is 1.01. The number of rotatable bonds is 6. The highest BCUT2D eigenvalue weighted by molar-refractivity contribution is 5.48. The fraction of sp³-hybridized carbons (Fsp3) is 0.267. The smallest absolute Gasteiger partial charge is 0.0249 e. The highest BCUT2D eigenvalue weighted by Gasteiger charge is 1.94. The van der Waals surface area contributed by atoms with E-state index in [1.54, 1.807) is 0 Å². The number of hydrogen-bond acceptors (Lipinski definition) is 0. The maximum Gasteiger partial charge on any atom is 0.0249 e. The van der Waals surface area contributed by atoms with Crippen LogP contribution in [0.4, 0.5) is 0 Å². The van der Waals surface area contributed by atoms with Crippen molar-refractivity contribution in [3.8, 4) is 23.7 Å². The van der Waals surface area contributed by atoms with Gasteiger partial charge in [0.25, 0.3) is 0 Å². The number of benzene rings is 3. The Morgan fingerprint density at radius 1 is 0.433 bits per heavy atom. The maximum atomic E-state index is 3.26. The van der Waals surface area contributed by atoms with Crippen LogP contribution >= 0.6 is 0 Å². The lowest BCUT2D eigenvalue weighted by Crippen LogP contribution is -1.85. The number of aryl methyl sites for hydroxylation is 2. The summed E-state index contributed by atoms with van der Waals surface area (Å²) in [6, 6.07) is 25.4. The van der Waals surface area contributed by atoms with E-state index in [1.165, 1.54) is 36.8 Å². The van der Waals surface area contributed by atoms with E-state index in [1.807, 2.05) is 24.3 Å². The first kappa shape index (κ1) is 21.5. The molecule has 0 heterocycles. The fourth-order valence-corrected chi connectivity index (χ4v) is 3.20. The van der Waals surface area contributed by atoms with Gasteiger partial charge in [-0.05, 0) is 85.3 Å². The van der Waals surface area contributed by atoms with Gasteiger partial charge in [0.15, 0.2) is 0 Å². The van der Waals surface area contributed by atoms with Crippen LogP contribution in [0.25, 0.3) is 0 Å². The van der Waals surface area contributed by atoms with Crippen LogP contribution in [-0.2, 0) is 12.8 Å². The second kappa shape index (κ2) is 11.7. The van der Waals surface area contributed by atoms with Crippen molar-refractivity contribution in [1.82, 2.24) is 0 Å². The minimum atomic E-state index is 1.01. The fourth-order valence-electron chi connectivity index (χ4n) is 3.20. The Labute approximate surface area is 182 Å². The predicted molar refractivity (Wildman–Crippen MR) is 129 cm³/mol. The Hall–Kier alpha value is -3.22. The molecule has 0 bridgehead atoms. The molecular weight excluding hydrogens is 360 g/mol.